The Labute approximate surface area is 108 Å². The van der Waals surface area contributed by atoms with E-state index in [4.69, 9.17) is 0 Å². The second kappa shape index (κ2) is 3.93. The van der Waals surface area contributed by atoms with Crippen LogP contribution in [0.4, 0.5) is 11.4 Å². The molecule has 0 amide bonds. The van der Waals surface area contributed by atoms with E-state index in [1.54, 1.807) is 6.07 Å². The highest BCUT2D eigenvalue weighted by atomic mass is 79.9. The van der Waals surface area contributed by atoms with E-state index in [0.29, 0.717) is 0 Å². The summed E-state index contributed by atoms with van der Waals surface area (Å²) in [6.45, 7) is 0. The van der Waals surface area contributed by atoms with E-state index in [-0.39, 0.29) is 5.75 Å². The van der Waals surface area contributed by atoms with E-state index in [1.807, 2.05) is 42.5 Å². The highest BCUT2D eigenvalue weighted by Crippen LogP contribution is 2.39. The lowest BCUT2D eigenvalue weighted by atomic mass is 10.1. The van der Waals surface area contributed by atoms with Gasteiger partial charge in [-0.3, -0.25) is 0 Å². The van der Waals surface area contributed by atoms with Crippen molar-refractivity contribution in [3.63, 3.8) is 0 Å². The average Bonchev–Trinajstić information content (AvgIpc) is 2.54. The third-order valence-corrected chi connectivity index (χ3v) is 3.51. The van der Waals surface area contributed by atoms with Crippen molar-refractivity contribution >= 4 is 39.5 Å². The lowest BCUT2D eigenvalue weighted by Crippen LogP contribution is -1.94. The topological polar surface area (TPSA) is 32.3 Å². The van der Waals surface area contributed by atoms with Gasteiger partial charge in [0.15, 0.2) is 0 Å². The van der Waals surface area contributed by atoms with Crippen LogP contribution in [-0.2, 0) is 0 Å². The van der Waals surface area contributed by atoms with Crippen LogP contribution in [0.5, 0.6) is 5.75 Å². The molecule has 0 fully saturated rings. The Morgan fingerprint density at radius 1 is 1.00 bits per heavy atom. The van der Waals surface area contributed by atoms with Gasteiger partial charge in [0.1, 0.15) is 5.75 Å². The van der Waals surface area contributed by atoms with Crippen molar-refractivity contribution in [2.45, 2.75) is 0 Å². The first kappa shape index (κ1) is 10.4. The summed E-state index contributed by atoms with van der Waals surface area (Å²) in [4.78, 5) is 0. The molecule has 2 aromatic rings. The van der Waals surface area contributed by atoms with Crippen LogP contribution in [-0.4, -0.2) is 5.11 Å². The number of phenols is 1. The average molecular weight is 288 g/mol. The van der Waals surface area contributed by atoms with Gasteiger partial charge in [-0.05, 0) is 23.8 Å². The Kier molecular flexibility index (Phi) is 2.41. The smallest absolute Gasteiger partial charge is 0.139 e. The first-order valence-electron chi connectivity index (χ1n) is 5.31. The molecule has 2 nitrogen and oxygen atoms in total. The number of para-hydroxylation sites is 1. The lowest BCUT2D eigenvalue weighted by molar-refractivity contribution is 0.477. The molecule has 0 radical (unpaired) electrons. The molecule has 1 heterocycles. The number of rotatable bonds is 0. The van der Waals surface area contributed by atoms with Gasteiger partial charge in [0, 0.05) is 15.7 Å². The van der Waals surface area contributed by atoms with Crippen LogP contribution in [0.25, 0.3) is 12.2 Å². The Balaban J connectivity index is 2.25. The summed E-state index contributed by atoms with van der Waals surface area (Å²) in [5.74, 6) is 0.254. The zero-order valence-corrected chi connectivity index (χ0v) is 10.5. The monoisotopic (exact) mass is 287 g/mol. The van der Waals surface area contributed by atoms with Gasteiger partial charge in [-0.1, -0.05) is 46.3 Å². The molecule has 0 unspecified atom stereocenters. The van der Waals surface area contributed by atoms with Gasteiger partial charge in [-0.15, -0.1) is 0 Å². The molecule has 3 rings (SSSR count). The van der Waals surface area contributed by atoms with Gasteiger partial charge >= 0.3 is 0 Å². The third kappa shape index (κ3) is 1.72. The summed E-state index contributed by atoms with van der Waals surface area (Å²) in [5, 5.41) is 13.2. The Bertz CT molecular complexity index is 620. The minimum absolute atomic E-state index is 0.254. The van der Waals surface area contributed by atoms with Crippen LogP contribution in [0.1, 0.15) is 11.1 Å². The zero-order chi connectivity index (χ0) is 11.8. The highest BCUT2D eigenvalue weighted by molar-refractivity contribution is 9.10. The lowest BCUT2D eigenvalue weighted by Gasteiger charge is -2.12. The van der Waals surface area contributed by atoms with Crippen LogP contribution in [0, 0.1) is 0 Å². The van der Waals surface area contributed by atoms with E-state index in [2.05, 4.69) is 21.2 Å². The molecule has 1 aliphatic heterocycles. The van der Waals surface area contributed by atoms with Crippen LogP contribution in [0.2, 0.25) is 0 Å². The molecule has 2 N–H and O–H groups in total. The summed E-state index contributed by atoms with van der Waals surface area (Å²) >= 11 is 3.49. The van der Waals surface area contributed by atoms with E-state index in [0.717, 1.165) is 27.0 Å². The first-order chi connectivity index (χ1) is 8.25. The molecule has 2 aromatic carbocycles. The molecule has 0 aliphatic carbocycles. The maximum atomic E-state index is 9.91. The van der Waals surface area contributed by atoms with Crippen LogP contribution >= 0.6 is 15.9 Å². The van der Waals surface area contributed by atoms with Gasteiger partial charge in [0.25, 0.3) is 0 Å². The van der Waals surface area contributed by atoms with Crippen molar-refractivity contribution in [3.05, 3.63) is 52.0 Å². The summed E-state index contributed by atoms with van der Waals surface area (Å²) in [5.41, 5.74) is 3.80. The third-order valence-electron chi connectivity index (χ3n) is 2.82. The van der Waals surface area contributed by atoms with Gasteiger partial charge < -0.3 is 10.4 Å². The molecule has 17 heavy (non-hydrogen) atoms. The van der Waals surface area contributed by atoms with Crippen LogP contribution < -0.4 is 5.32 Å². The number of halogens is 1. The zero-order valence-electron chi connectivity index (χ0n) is 8.94. The Hall–Kier alpha value is -1.74. The SMILES string of the molecule is Oc1ccc(Br)c2c1Nc1ccccc1C=C2. The molecule has 84 valence electrons. The molecular formula is C14H10BrNO. The number of hydrogen-bond acceptors (Lipinski definition) is 2. The molecule has 0 saturated carbocycles. The number of hydrogen-bond donors (Lipinski definition) is 2. The number of phenolic OH excluding ortho intramolecular Hbond substituents is 1. The van der Waals surface area contributed by atoms with E-state index < -0.39 is 0 Å². The molecule has 0 bridgehead atoms. The van der Waals surface area contributed by atoms with Gasteiger partial charge in [0.2, 0.25) is 0 Å². The van der Waals surface area contributed by atoms with Crippen molar-refractivity contribution < 1.29 is 5.11 Å². The van der Waals surface area contributed by atoms with Crippen molar-refractivity contribution in [1.82, 2.24) is 0 Å². The number of benzene rings is 2. The van der Waals surface area contributed by atoms with Gasteiger partial charge in [-0.2, -0.15) is 0 Å². The number of aromatic hydroxyl groups is 1. The molecule has 0 spiro atoms. The fraction of sp³-hybridized carbons (Fsp3) is 0. The molecule has 0 aromatic heterocycles. The Morgan fingerprint density at radius 2 is 1.82 bits per heavy atom. The maximum absolute atomic E-state index is 9.91. The Morgan fingerprint density at radius 3 is 2.71 bits per heavy atom. The summed E-state index contributed by atoms with van der Waals surface area (Å²) in [6, 6.07) is 11.5. The minimum atomic E-state index is 0.254. The first-order valence-corrected chi connectivity index (χ1v) is 6.10. The van der Waals surface area contributed by atoms with Crippen LogP contribution in [0.3, 0.4) is 0 Å². The largest absolute Gasteiger partial charge is 0.506 e. The summed E-state index contributed by atoms with van der Waals surface area (Å²) in [7, 11) is 0. The number of anilines is 2. The molecular weight excluding hydrogens is 278 g/mol. The van der Waals surface area contributed by atoms with E-state index >= 15 is 0 Å². The van der Waals surface area contributed by atoms with Gasteiger partial charge in [0.05, 0.1) is 5.69 Å². The fourth-order valence-electron chi connectivity index (χ4n) is 1.94. The normalized spacial score (nSPS) is 12.3. The molecule has 1 aliphatic rings. The second-order valence-electron chi connectivity index (χ2n) is 3.90. The van der Waals surface area contributed by atoms with Crippen molar-refractivity contribution in [3.8, 4) is 5.75 Å². The highest BCUT2D eigenvalue weighted by Gasteiger charge is 2.13. The number of nitrogens with one attached hydrogen (secondary N) is 1. The number of fused-ring (bicyclic) bond motifs is 2. The fourth-order valence-corrected chi connectivity index (χ4v) is 2.40. The molecule has 0 atom stereocenters. The summed E-state index contributed by atoms with van der Waals surface area (Å²) < 4.78 is 0.960. The van der Waals surface area contributed by atoms with E-state index in [1.165, 1.54) is 0 Å². The minimum Gasteiger partial charge on any atom is -0.506 e. The summed E-state index contributed by atoms with van der Waals surface area (Å²) in [6.07, 6.45) is 4.04. The van der Waals surface area contributed by atoms with Crippen molar-refractivity contribution in [2.75, 3.05) is 5.32 Å². The standard InChI is InChI=1S/C14H10BrNO/c15-11-7-8-13(17)14-10(11)6-5-9-3-1-2-4-12(9)16-14/h1-8,16-17H. The van der Waals surface area contributed by atoms with E-state index in [9.17, 15) is 5.11 Å². The molecule has 0 saturated heterocycles. The quantitative estimate of drug-likeness (QED) is 0.602. The predicted octanol–water partition coefficient (Wildman–Crippen LogP) is 4.38. The molecule has 3 heteroatoms. The second-order valence-corrected chi connectivity index (χ2v) is 4.76. The van der Waals surface area contributed by atoms with Crippen molar-refractivity contribution in [1.29, 1.82) is 0 Å². The van der Waals surface area contributed by atoms with Crippen molar-refractivity contribution in [2.24, 2.45) is 0 Å². The maximum Gasteiger partial charge on any atom is 0.139 e. The predicted molar refractivity (Wildman–Crippen MR) is 74.5 cm³/mol. The van der Waals surface area contributed by atoms with Gasteiger partial charge in [-0.25, -0.2) is 0 Å². The van der Waals surface area contributed by atoms with Crippen LogP contribution in [0.15, 0.2) is 40.9 Å².